The van der Waals surface area contributed by atoms with Crippen LogP contribution in [0.5, 0.6) is 0 Å². The second kappa shape index (κ2) is 5.87. The van der Waals surface area contributed by atoms with E-state index in [0.29, 0.717) is 18.0 Å². The molecule has 0 spiro atoms. The summed E-state index contributed by atoms with van der Waals surface area (Å²) in [4.78, 5) is 3.71. The third-order valence-electron chi connectivity index (χ3n) is 4.51. The monoisotopic (exact) mass is 263 g/mol. The summed E-state index contributed by atoms with van der Waals surface area (Å²) >= 11 is 0. The Morgan fingerprint density at radius 2 is 2.11 bits per heavy atom. The summed E-state index contributed by atoms with van der Waals surface area (Å²) in [5, 5.41) is 7.22. The van der Waals surface area contributed by atoms with Crippen molar-refractivity contribution in [3.63, 3.8) is 0 Å². The second-order valence-electron chi connectivity index (χ2n) is 5.77. The largest absolute Gasteiger partial charge is 0.381 e. The number of aromatic nitrogens is 1. The summed E-state index contributed by atoms with van der Waals surface area (Å²) < 4.78 is 12.8. The zero-order valence-electron chi connectivity index (χ0n) is 11.2. The van der Waals surface area contributed by atoms with Crippen LogP contribution in [0.3, 0.4) is 0 Å². The number of piperidine rings is 1. The third-order valence-corrected chi connectivity index (χ3v) is 4.51. The van der Waals surface area contributed by atoms with Crippen LogP contribution in [0.15, 0.2) is 18.3 Å². The molecule has 3 unspecified atom stereocenters. The van der Waals surface area contributed by atoms with E-state index in [1.54, 1.807) is 12.3 Å². The van der Waals surface area contributed by atoms with E-state index >= 15 is 0 Å². The van der Waals surface area contributed by atoms with Gasteiger partial charge in [0.25, 0.3) is 0 Å². The van der Waals surface area contributed by atoms with Crippen molar-refractivity contribution < 1.29 is 4.39 Å². The van der Waals surface area contributed by atoms with Crippen LogP contribution >= 0.6 is 0 Å². The van der Waals surface area contributed by atoms with Gasteiger partial charge in [0.05, 0.1) is 11.9 Å². The molecule has 0 radical (unpaired) electrons. The molecule has 2 heterocycles. The lowest BCUT2D eigenvalue weighted by molar-refractivity contribution is 0.286. The molecule has 3 rings (SSSR count). The van der Waals surface area contributed by atoms with Crippen molar-refractivity contribution in [2.75, 3.05) is 11.9 Å². The number of hydrogen-bond donors (Lipinski definition) is 2. The van der Waals surface area contributed by atoms with Crippen molar-refractivity contribution in [3.8, 4) is 0 Å². The summed E-state index contributed by atoms with van der Waals surface area (Å²) in [5.41, 5.74) is 0.939. The number of hydrogen-bond acceptors (Lipinski definition) is 3. The van der Waals surface area contributed by atoms with Gasteiger partial charge in [-0.15, -0.1) is 0 Å². The summed E-state index contributed by atoms with van der Waals surface area (Å²) in [6, 6.07) is 4.36. The average molecular weight is 263 g/mol. The molecule has 2 N–H and O–H groups in total. The van der Waals surface area contributed by atoms with Crippen LogP contribution in [0.4, 0.5) is 10.1 Å². The number of nitrogens with zero attached hydrogens (tertiary/aromatic N) is 1. The quantitative estimate of drug-likeness (QED) is 0.823. The van der Waals surface area contributed by atoms with Crippen molar-refractivity contribution in [2.24, 2.45) is 5.92 Å². The van der Waals surface area contributed by atoms with E-state index < -0.39 is 5.95 Å². The SMILES string of the molecule is Fc1ccc(NC2CCCC2C2CCCCN2)cn1. The van der Waals surface area contributed by atoms with E-state index in [9.17, 15) is 4.39 Å². The Hall–Kier alpha value is -1.16. The smallest absolute Gasteiger partial charge is 0.212 e. The Bertz CT molecular complexity index is 400. The molecule has 104 valence electrons. The predicted molar refractivity (Wildman–Crippen MR) is 74.6 cm³/mol. The molecule has 3 atom stereocenters. The summed E-state index contributed by atoms with van der Waals surface area (Å²) in [6.45, 7) is 1.16. The average Bonchev–Trinajstić information content (AvgIpc) is 2.90. The Labute approximate surface area is 114 Å². The van der Waals surface area contributed by atoms with Crippen LogP contribution in [0.25, 0.3) is 0 Å². The lowest BCUT2D eigenvalue weighted by Crippen LogP contribution is -2.44. The summed E-state index contributed by atoms with van der Waals surface area (Å²) in [5.74, 6) is 0.285. The lowest BCUT2D eigenvalue weighted by atomic mass is 9.88. The molecule has 1 aromatic heterocycles. The predicted octanol–water partition coefficient (Wildman–Crippen LogP) is 2.94. The maximum atomic E-state index is 12.8. The first kappa shape index (κ1) is 12.9. The minimum Gasteiger partial charge on any atom is -0.381 e. The highest BCUT2D eigenvalue weighted by molar-refractivity contribution is 5.41. The zero-order chi connectivity index (χ0) is 13.1. The Morgan fingerprint density at radius 1 is 1.16 bits per heavy atom. The highest BCUT2D eigenvalue weighted by Gasteiger charge is 2.34. The molecule has 1 aromatic rings. The van der Waals surface area contributed by atoms with E-state index in [2.05, 4.69) is 15.6 Å². The van der Waals surface area contributed by atoms with Gasteiger partial charge in [-0.25, -0.2) is 4.98 Å². The first-order chi connectivity index (χ1) is 9.33. The van der Waals surface area contributed by atoms with Crippen LogP contribution in [0, 0.1) is 11.9 Å². The Morgan fingerprint density at radius 3 is 2.84 bits per heavy atom. The first-order valence-electron chi connectivity index (χ1n) is 7.44. The van der Waals surface area contributed by atoms with E-state index in [0.717, 1.165) is 12.2 Å². The number of pyridine rings is 1. The normalized spacial score (nSPS) is 31.3. The molecular formula is C15H22FN3. The van der Waals surface area contributed by atoms with Crippen LogP contribution in [0.1, 0.15) is 38.5 Å². The number of anilines is 1. The molecule has 0 amide bonds. The van der Waals surface area contributed by atoms with Gasteiger partial charge in [-0.3, -0.25) is 0 Å². The Kier molecular flexibility index (Phi) is 3.97. The van der Waals surface area contributed by atoms with Gasteiger partial charge >= 0.3 is 0 Å². The maximum Gasteiger partial charge on any atom is 0.212 e. The zero-order valence-corrected chi connectivity index (χ0v) is 11.2. The molecule has 2 aliphatic rings. The molecule has 3 nitrogen and oxygen atoms in total. The maximum absolute atomic E-state index is 12.8. The number of rotatable bonds is 3. The van der Waals surface area contributed by atoms with Crippen molar-refractivity contribution in [1.29, 1.82) is 0 Å². The van der Waals surface area contributed by atoms with Gasteiger partial charge < -0.3 is 10.6 Å². The fraction of sp³-hybridized carbons (Fsp3) is 0.667. The summed E-state index contributed by atoms with van der Waals surface area (Å²) in [7, 11) is 0. The highest BCUT2D eigenvalue weighted by atomic mass is 19.1. The molecule has 1 saturated carbocycles. The first-order valence-corrected chi connectivity index (χ1v) is 7.44. The molecule has 1 aliphatic carbocycles. The van der Waals surface area contributed by atoms with Gasteiger partial charge in [0.15, 0.2) is 0 Å². The van der Waals surface area contributed by atoms with Gasteiger partial charge in [-0.2, -0.15) is 4.39 Å². The number of nitrogens with one attached hydrogen (secondary N) is 2. The molecule has 19 heavy (non-hydrogen) atoms. The van der Waals surface area contributed by atoms with E-state index in [4.69, 9.17) is 0 Å². The lowest BCUT2D eigenvalue weighted by Gasteiger charge is -2.33. The van der Waals surface area contributed by atoms with Crippen molar-refractivity contribution >= 4 is 5.69 Å². The minimum absolute atomic E-state index is 0.414. The molecule has 0 bridgehead atoms. The van der Waals surface area contributed by atoms with Crippen molar-refractivity contribution in [2.45, 2.75) is 50.6 Å². The minimum atomic E-state index is -0.414. The molecular weight excluding hydrogens is 241 g/mol. The second-order valence-corrected chi connectivity index (χ2v) is 5.77. The standard InChI is InChI=1S/C15H22FN3/c16-15-8-7-11(10-18-15)19-14-6-3-4-12(14)13-5-1-2-9-17-13/h7-8,10,12-14,17,19H,1-6,9H2. The Balaban J connectivity index is 1.64. The molecule has 1 saturated heterocycles. The van der Waals surface area contributed by atoms with Crippen LogP contribution < -0.4 is 10.6 Å². The van der Waals surface area contributed by atoms with Gasteiger partial charge in [0, 0.05) is 12.1 Å². The van der Waals surface area contributed by atoms with E-state index in [-0.39, 0.29) is 0 Å². The van der Waals surface area contributed by atoms with Gasteiger partial charge in [0.2, 0.25) is 5.95 Å². The van der Waals surface area contributed by atoms with Gasteiger partial charge in [-0.1, -0.05) is 12.8 Å². The number of halogens is 1. The molecule has 0 aromatic carbocycles. The van der Waals surface area contributed by atoms with Crippen molar-refractivity contribution in [1.82, 2.24) is 10.3 Å². The third kappa shape index (κ3) is 3.06. The summed E-state index contributed by atoms with van der Waals surface area (Å²) in [6.07, 6.45) is 9.34. The van der Waals surface area contributed by atoms with E-state index in [1.165, 1.54) is 44.6 Å². The molecule has 2 fully saturated rings. The van der Waals surface area contributed by atoms with Crippen LogP contribution in [-0.4, -0.2) is 23.6 Å². The van der Waals surface area contributed by atoms with Crippen molar-refractivity contribution in [3.05, 3.63) is 24.3 Å². The molecule has 1 aliphatic heterocycles. The fourth-order valence-electron chi connectivity index (χ4n) is 3.57. The molecule has 4 heteroatoms. The fourth-order valence-corrected chi connectivity index (χ4v) is 3.57. The van der Waals surface area contributed by atoms with Gasteiger partial charge in [-0.05, 0) is 50.3 Å². The topological polar surface area (TPSA) is 37.0 Å². The van der Waals surface area contributed by atoms with Gasteiger partial charge in [0.1, 0.15) is 0 Å². The van der Waals surface area contributed by atoms with Crippen LogP contribution in [-0.2, 0) is 0 Å². The van der Waals surface area contributed by atoms with Crippen LogP contribution in [0.2, 0.25) is 0 Å². The van der Waals surface area contributed by atoms with E-state index in [1.807, 2.05) is 0 Å². The highest BCUT2D eigenvalue weighted by Crippen LogP contribution is 2.33.